The zero-order valence-corrected chi connectivity index (χ0v) is 18.1. The van der Waals surface area contributed by atoms with E-state index in [1.807, 2.05) is 0 Å². The van der Waals surface area contributed by atoms with E-state index < -0.39 is 0 Å². The summed E-state index contributed by atoms with van der Waals surface area (Å²) < 4.78 is 2.45. The van der Waals surface area contributed by atoms with E-state index in [0.717, 1.165) is 0 Å². The molecule has 1 aromatic heterocycles. The molecule has 0 spiro atoms. The molecule has 0 fully saturated rings. The van der Waals surface area contributed by atoms with E-state index in [1.165, 1.54) is 71.6 Å². The number of nitrogens with zero attached hydrogens (tertiary/aromatic N) is 1. The molecule has 0 N–H and O–H groups in total. The van der Waals surface area contributed by atoms with Gasteiger partial charge in [-0.05, 0) is 68.4 Å². The third-order valence-electron chi connectivity index (χ3n) is 7.90. The van der Waals surface area contributed by atoms with Gasteiger partial charge in [-0.15, -0.1) is 0 Å². The number of benzene rings is 5. The molecule has 0 saturated carbocycles. The van der Waals surface area contributed by atoms with E-state index >= 15 is 0 Å². The third-order valence-corrected chi connectivity index (χ3v) is 7.90. The molecule has 8 rings (SSSR count). The molecule has 150 valence electrons. The number of hydrogen-bond donors (Lipinski definition) is 0. The van der Waals surface area contributed by atoms with Crippen LogP contribution in [-0.4, -0.2) is 4.57 Å². The average Bonchev–Trinajstić information content (AvgIpc) is 3.24. The smallest absolute Gasteiger partial charge is 0.0547 e. The fourth-order valence-electron chi connectivity index (χ4n) is 6.54. The normalized spacial score (nSPS) is 14.8. The summed E-state index contributed by atoms with van der Waals surface area (Å²) in [7, 11) is 0. The molecular weight excluding hydrogens is 386 g/mol. The number of para-hydroxylation sites is 1. The SMILES string of the molecule is CC1(C)c2cccc3c2-c2c1ccc1ccc4c(c21)c1c-3cccc1n4-c1ccccc1. The molecule has 1 heteroatoms. The highest BCUT2D eigenvalue weighted by atomic mass is 15.0. The highest BCUT2D eigenvalue weighted by molar-refractivity contribution is 6.31. The fraction of sp³-hybridized carbons (Fsp3) is 0.0968. The molecule has 0 saturated heterocycles. The lowest BCUT2D eigenvalue weighted by Gasteiger charge is -2.22. The summed E-state index contributed by atoms with van der Waals surface area (Å²) in [5.74, 6) is 0. The summed E-state index contributed by atoms with van der Waals surface area (Å²) in [5, 5.41) is 5.53. The monoisotopic (exact) mass is 407 g/mol. The van der Waals surface area contributed by atoms with Crippen molar-refractivity contribution in [1.82, 2.24) is 4.57 Å². The zero-order chi connectivity index (χ0) is 21.2. The molecule has 1 nitrogen and oxygen atoms in total. The Hall–Kier alpha value is -3.84. The van der Waals surface area contributed by atoms with E-state index in [-0.39, 0.29) is 5.41 Å². The van der Waals surface area contributed by atoms with Crippen LogP contribution in [0.1, 0.15) is 25.0 Å². The topological polar surface area (TPSA) is 4.93 Å². The third kappa shape index (κ3) is 1.72. The van der Waals surface area contributed by atoms with Crippen LogP contribution in [0.2, 0.25) is 0 Å². The van der Waals surface area contributed by atoms with E-state index in [1.54, 1.807) is 0 Å². The Bertz CT molecular complexity index is 1780. The number of rotatable bonds is 1. The predicted molar refractivity (Wildman–Crippen MR) is 135 cm³/mol. The van der Waals surface area contributed by atoms with Crippen molar-refractivity contribution < 1.29 is 0 Å². The van der Waals surface area contributed by atoms with Gasteiger partial charge >= 0.3 is 0 Å². The Kier molecular flexibility index (Phi) is 2.79. The van der Waals surface area contributed by atoms with Crippen molar-refractivity contribution in [1.29, 1.82) is 0 Å². The van der Waals surface area contributed by atoms with E-state index in [0.29, 0.717) is 0 Å². The summed E-state index contributed by atoms with van der Waals surface area (Å²) in [5.41, 5.74) is 12.3. The maximum atomic E-state index is 2.45. The molecule has 1 heterocycles. The van der Waals surface area contributed by atoms with Crippen LogP contribution >= 0.6 is 0 Å². The van der Waals surface area contributed by atoms with Gasteiger partial charge in [-0.3, -0.25) is 0 Å². The Labute approximate surface area is 186 Å². The van der Waals surface area contributed by atoms with Gasteiger partial charge in [0.15, 0.2) is 0 Å². The molecular formula is C31H21N. The van der Waals surface area contributed by atoms with Gasteiger partial charge in [-0.2, -0.15) is 0 Å². The molecule has 0 bridgehead atoms. The Morgan fingerprint density at radius 2 is 1.25 bits per heavy atom. The lowest BCUT2D eigenvalue weighted by Crippen LogP contribution is -2.14. The Balaban J connectivity index is 1.74. The summed E-state index contributed by atoms with van der Waals surface area (Å²) >= 11 is 0. The van der Waals surface area contributed by atoms with Crippen molar-refractivity contribution in [2.75, 3.05) is 0 Å². The van der Waals surface area contributed by atoms with Crippen LogP contribution < -0.4 is 0 Å². The van der Waals surface area contributed by atoms with Crippen LogP contribution in [0.15, 0.2) is 91.0 Å². The minimum Gasteiger partial charge on any atom is -0.309 e. The lowest BCUT2D eigenvalue weighted by atomic mass is 9.81. The van der Waals surface area contributed by atoms with Gasteiger partial charge in [0, 0.05) is 21.9 Å². The average molecular weight is 408 g/mol. The highest BCUT2D eigenvalue weighted by Gasteiger charge is 2.40. The predicted octanol–water partition coefficient (Wildman–Crippen LogP) is 8.22. The molecule has 0 aliphatic heterocycles. The molecule has 0 unspecified atom stereocenters. The molecule has 0 atom stereocenters. The van der Waals surface area contributed by atoms with Crippen molar-refractivity contribution in [2.24, 2.45) is 0 Å². The summed E-state index contributed by atoms with van der Waals surface area (Å²) in [4.78, 5) is 0. The Morgan fingerprint density at radius 1 is 0.531 bits per heavy atom. The van der Waals surface area contributed by atoms with Crippen molar-refractivity contribution in [3.8, 4) is 27.9 Å². The second kappa shape index (κ2) is 5.31. The fourth-order valence-corrected chi connectivity index (χ4v) is 6.54. The van der Waals surface area contributed by atoms with E-state index in [4.69, 9.17) is 0 Å². The van der Waals surface area contributed by atoms with Crippen LogP contribution in [0.25, 0.3) is 60.5 Å². The summed E-state index contributed by atoms with van der Waals surface area (Å²) in [6, 6.07) is 33.9. The Morgan fingerprint density at radius 3 is 2.12 bits per heavy atom. The second-order valence-corrected chi connectivity index (χ2v) is 9.77. The molecule has 0 amide bonds. The van der Waals surface area contributed by atoms with Crippen LogP contribution in [0, 0.1) is 0 Å². The lowest BCUT2D eigenvalue weighted by molar-refractivity contribution is 0.661. The second-order valence-electron chi connectivity index (χ2n) is 9.77. The van der Waals surface area contributed by atoms with E-state index in [9.17, 15) is 0 Å². The van der Waals surface area contributed by atoms with Crippen LogP contribution in [0.4, 0.5) is 0 Å². The van der Waals surface area contributed by atoms with Crippen molar-refractivity contribution in [3.05, 3.63) is 102 Å². The maximum Gasteiger partial charge on any atom is 0.0547 e. The van der Waals surface area contributed by atoms with Crippen molar-refractivity contribution >= 4 is 32.6 Å². The van der Waals surface area contributed by atoms with Crippen LogP contribution in [0.5, 0.6) is 0 Å². The molecule has 0 radical (unpaired) electrons. The van der Waals surface area contributed by atoms with Crippen LogP contribution in [-0.2, 0) is 5.41 Å². The largest absolute Gasteiger partial charge is 0.309 e. The number of hydrogen-bond acceptors (Lipinski definition) is 0. The highest BCUT2D eigenvalue weighted by Crippen LogP contribution is 2.58. The van der Waals surface area contributed by atoms with Gasteiger partial charge < -0.3 is 4.57 Å². The van der Waals surface area contributed by atoms with Gasteiger partial charge in [-0.25, -0.2) is 0 Å². The summed E-state index contributed by atoms with van der Waals surface area (Å²) in [6.45, 7) is 4.76. The molecule has 2 aliphatic carbocycles. The first-order chi connectivity index (χ1) is 15.7. The van der Waals surface area contributed by atoms with Gasteiger partial charge in [0.1, 0.15) is 0 Å². The molecule has 5 aromatic carbocycles. The first-order valence-corrected chi connectivity index (χ1v) is 11.4. The van der Waals surface area contributed by atoms with Gasteiger partial charge in [-0.1, -0.05) is 80.6 Å². The minimum absolute atomic E-state index is 0.00439. The standard InChI is InChI=1S/C31H21N/c1-31(2)22-12-6-10-20-21-11-7-13-24-28(21)30-25(32(24)19-8-4-3-5-9-19)17-15-18-14-16-23(31)29(26(18)30)27(20)22/h3-17H,1-2H3. The first kappa shape index (κ1) is 16.8. The van der Waals surface area contributed by atoms with Crippen LogP contribution in [0.3, 0.4) is 0 Å². The molecule has 32 heavy (non-hydrogen) atoms. The van der Waals surface area contributed by atoms with Crippen molar-refractivity contribution in [3.63, 3.8) is 0 Å². The molecule has 2 aliphatic rings. The van der Waals surface area contributed by atoms with E-state index in [2.05, 4.69) is 109 Å². The maximum absolute atomic E-state index is 2.45. The number of aromatic nitrogens is 1. The quantitative estimate of drug-likeness (QED) is 0.258. The van der Waals surface area contributed by atoms with Crippen molar-refractivity contribution in [2.45, 2.75) is 19.3 Å². The van der Waals surface area contributed by atoms with Gasteiger partial charge in [0.05, 0.1) is 11.0 Å². The minimum atomic E-state index is 0.00439. The zero-order valence-electron chi connectivity index (χ0n) is 18.1. The van der Waals surface area contributed by atoms with Gasteiger partial charge in [0.2, 0.25) is 0 Å². The summed E-state index contributed by atoms with van der Waals surface area (Å²) in [6.07, 6.45) is 0. The number of fused-ring (bicyclic) bond motifs is 1. The van der Waals surface area contributed by atoms with Gasteiger partial charge in [0.25, 0.3) is 0 Å². The molecule has 6 aromatic rings. The first-order valence-electron chi connectivity index (χ1n) is 11.4.